The van der Waals surface area contributed by atoms with Crippen LogP contribution in [0.25, 0.3) is 0 Å². The Bertz CT molecular complexity index is 716. The average molecular weight is 472 g/mol. The van der Waals surface area contributed by atoms with Crippen LogP contribution < -0.4 is 16.2 Å². The molecule has 0 aliphatic carbocycles. The number of aliphatic imine (C=N–C) groups is 1. The van der Waals surface area contributed by atoms with E-state index in [2.05, 4.69) is 46.1 Å². The van der Waals surface area contributed by atoms with Gasteiger partial charge in [-0.25, -0.2) is 0 Å². The normalized spacial score (nSPS) is 10.9. The monoisotopic (exact) mass is 472 g/mol. The Morgan fingerprint density at radius 1 is 1.12 bits per heavy atom. The lowest BCUT2D eigenvalue weighted by molar-refractivity contribution is 0.758. The van der Waals surface area contributed by atoms with Gasteiger partial charge in [0.2, 0.25) is 0 Å². The number of rotatable bonds is 7. The van der Waals surface area contributed by atoms with Crippen LogP contribution in [0.5, 0.6) is 0 Å². The minimum atomic E-state index is 0. The molecule has 2 aromatic rings. The quantitative estimate of drug-likeness (QED) is 0.282. The van der Waals surface area contributed by atoms with Crippen LogP contribution >= 0.6 is 35.7 Å². The van der Waals surface area contributed by atoms with E-state index in [-0.39, 0.29) is 29.5 Å². The summed E-state index contributed by atoms with van der Waals surface area (Å²) in [4.78, 5) is 15.9. The first-order chi connectivity index (χ1) is 11.7. The lowest BCUT2D eigenvalue weighted by Crippen LogP contribution is -2.37. The number of hydrogen-bond acceptors (Lipinski definition) is 3. The predicted octanol–water partition coefficient (Wildman–Crippen LogP) is 2.54. The van der Waals surface area contributed by atoms with E-state index < -0.39 is 0 Å². The van der Waals surface area contributed by atoms with E-state index in [0.29, 0.717) is 13.1 Å². The molecule has 2 N–H and O–H groups in total. The number of guanidine groups is 1. The molecule has 0 atom stereocenters. The first-order valence-corrected chi connectivity index (χ1v) is 9.29. The third-order valence-electron chi connectivity index (χ3n) is 3.56. The molecule has 0 aliphatic heterocycles. The number of hydrogen-bond donors (Lipinski definition) is 2. The molecule has 7 heteroatoms. The average Bonchev–Trinajstić information content (AvgIpc) is 2.61. The summed E-state index contributed by atoms with van der Waals surface area (Å²) < 4.78 is 1.70. The van der Waals surface area contributed by atoms with Crippen LogP contribution in [-0.2, 0) is 13.1 Å². The van der Waals surface area contributed by atoms with E-state index in [1.807, 2.05) is 12.3 Å². The fourth-order valence-electron chi connectivity index (χ4n) is 2.23. The highest BCUT2D eigenvalue weighted by atomic mass is 127. The Hall–Kier alpha value is -1.48. The molecule has 1 aromatic heterocycles. The zero-order chi connectivity index (χ0) is 17.2. The molecule has 1 aromatic carbocycles. The maximum atomic E-state index is 11.7. The summed E-state index contributed by atoms with van der Waals surface area (Å²) in [6, 6.07) is 13.5. The fraction of sp³-hybridized carbons (Fsp3) is 0.333. The van der Waals surface area contributed by atoms with E-state index in [4.69, 9.17) is 0 Å². The first kappa shape index (κ1) is 21.6. The van der Waals surface area contributed by atoms with Crippen LogP contribution in [0, 0.1) is 0 Å². The standard InChI is InChI=1S/C18H24N4OS.HI/c1-19-18(20-10-12-24-2)21-13-15-6-8-16(9-7-15)14-22-11-4-3-5-17(22)23;/h3-9,11H,10,12-14H2,1-2H3,(H2,19,20,21);1H. The molecule has 0 radical (unpaired) electrons. The summed E-state index contributed by atoms with van der Waals surface area (Å²) >= 11 is 1.80. The van der Waals surface area contributed by atoms with Crippen molar-refractivity contribution in [2.24, 2.45) is 4.99 Å². The van der Waals surface area contributed by atoms with Gasteiger partial charge in [-0.15, -0.1) is 24.0 Å². The summed E-state index contributed by atoms with van der Waals surface area (Å²) in [6.45, 7) is 2.20. The van der Waals surface area contributed by atoms with E-state index in [0.717, 1.165) is 23.8 Å². The molecule has 25 heavy (non-hydrogen) atoms. The Kier molecular flexibility index (Phi) is 10.3. The molecule has 0 saturated carbocycles. The van der Waals surface area contributed by atoms with Crippen molar-refractivity contribution in [3.8, 4) is 0 Å². The summed E-state index contributed by atoms with van der Waals surface area (Å²) in [5, 5.41) is 6.57. The molecule has 0 amide bonds. The van der Waals surface area contributed by atoms with Crippen LogP contribution in [0.3, 0.4) is 0 Å². The molecule has 0 fully saturated rings. The Morgan fingerprint density at radius 2 is 1.84 bits per heavy atom. The molecule has 5 nitrogen and oxygen atoms in total. The summed E-state index contributed by atoms with van der Waals surface area (Å²) in [6.07, 6.45) is 3.89. The molecule has 0 bridgehead atoms. The van der Waals surface area contributed by atoms with Crippen LogP contribution in [0.4, 0.5) is 0 Å². The second kappa shape index (κ2) is 12.0. The van der Waals surface area contributed by atoms with Crippen LogP contribution in [0.15, 0.2) is 58.4 Å². The minimum Gasteiger partial charge on any atom is -0.356 e. The molecular formula is C18H25IN4OS. The molecule has 0 unspecified atom stereocenters. The van der Waals surface area contributed by atoms with Gasteiger partial charge in [-0.2, -0.15) is 11.8 Å². The molecule has 0 aliphatic rings. The number of pyridine rings is 1. The topological polar surface area (TPSA) is 58.4 Å². The lowest BCUT2D eigenvalue weighted by Gasteiger charge is -2.12. The number of benzene rings is 1. The first-order valence-electron chi connectivity index (χ1n) is 7.89. The minimum absolute atomic E-state index is 0. The maximum absolute atomic E-state index is 11.7. The molecular weight excluding hydrogens is 447 g/mol. The van der Waals surface area contributed by atoms with Crippen molar-refractivity contribution in [3.63, 3.8) is 0 Å². The smallest absolute Gasteiger partial charge is 0.250 e. The lowest BCUT2D eigenvalue weighted by atomic mass is 10.1. The third kappa shape index (κ3) is 7.52. The van der Waals surface area contributed by atoms with Gasteiger partial charge < -0.3 is 15.2 Å². The van der Waals surface area contributed by atoms with Crippen molar-refractivity contribution < 1.29 is 0 Å². The second-order valence-electron chi connectivity index (χ2n) is 5.33. The van der Waals surface area contributed by atoms with Gasteiger partial charge in [-0.05, 0) is 23.4 Å². The Labute approximate surface area is 170 Å². The van der Waals surface area contributed by atoms with Crippen molar-refractivity contribution in [1.29, 1.82) is 0 Å². The zero-order valence-electron chi connectivity index (χ0n) is 14.6. The molecule has 136 valence electrons. The third-order valence-corrected chi connectivity index (χ3v) is 4.17. The number of halogens is 1. The van der Waals surface area contributed by atoms with Gasteiger partial charge in [-0.3, -0.25) is 9.79 Å². The summed E-state index contributed by atoms with van der Waals surface area (Å²) in [5.41, 5.74) is 2.30. The van der Waals surface area contributed by atoms with Crippen molar-refractivity contribution in [1.82, 2.24) is 15.2 Å². The van der Waals surface area contributed by atoms with Crippen LogP contribution in [0.1, 0.15) is 11.1 Å². The van der Waals surface area contributed by atoms with E-state index >= 15 is 0 Å². The largest absolute Gasteiger partial charge is 0.356 e. The maximum Gasteiger partial charge on any atom is 0.250 e. The molecule has 0 spiro atoms. The van der Waals surface area contributed by atoms with Gasteiger partial charge in [0.05, 0.1) is 6.54 Å². The zero-order valence-corrected chi connectivity index (χ0v) is 17.7. The van der Waals surface area contributed by atoms with Gasteiger partial charge in [0.15, 0.2) is 5.96 Å². The van der Waals surface area contributed by atoms with Crippen molar-refractivity contribution in [2.45, 2.75) is 13.1 Å². The Balaban J connectivity index is 0.00000312. The highest BCUT2D eigenvalue weighted by Crippen LogP contribution is 2.05. The molecule has 0 saturated heterocycles. The SMILES string of the molecule is CN=C(NCCSC)NCc1ccc(Cn2ccccc2=O)cc1.I. The fourth-order valence-corrected chi connectivity index (χ4v) is 2.53. The van der Waals surface area contributed by atoms with Gasteiger partial charge in [-0.1, -0.05) is 30.3 Å². The number of thioether (sulfide) groups is 1. The van der Waals surface area contributed by atoms with Crippen LogP contribution in [-0.4, -0.2) is 36.1 Å². The number of nitrogens with one attached hydrogen (secondary N) is 2. The van der Waals surface area contributed by atoms with E-state index in [1.165, 1.54) is 5.56 Å². The second-order valence-corrected chi connectivity index (χ2v) is 6.31. The highest BCUT2D eigenvalue weighted by molar-refractivity contribution is 14.0. The van der Waals surface area contributed by atoms with Gasteiger partial charge >= 0.3 is 0 Å². The predicted molar refractivity (Wildman–Crippen MR) is 118 cm³/mol. The molecule has 1 heterocycles. The van der Waals surface area contributed by atoms with Gasteiger partial charge in [0, 0.05) is 38.2 Å². The highest BCUT2D eigenvalue weighted by Gasteiger charge is 2.00. The van der Waals surface area contributed by atoms with Gasteiger partial charge in [0.1, 0.15) is 0 Å². The number of aromatic nitrogens is 1. The molecule has 2 rings (SSSR count). The van der Waals surface area contributed by atoms with E-state index in [9.17, 15) is 4.79 Å². The van der Waals surface area contributed by atoms with E-state index in [1.54, 1.807) is 35.5 Å². The van der Waals surface area contributed by atoms with Gasteiger partial charge in [0.25, 0.3) is 5.56 Å². The number of nitrogens with zero attached hydrogens (tertiary/aromatic N) is 2. The van der Waals surface area contributed by atoms with Crippen molar-refractivity contribution >= 4 is 41.7 Å². The van der Waals surface area contributed by atoms with Crippen molar-refractivity contribution in [3.05, 3.63) is 70.1 Å². The van der Waals surface area contributed by atoms with Crippen LogP contribution in [0.2, 0.25) is 0 Å². The van der Waals surface area contributed by atoms with Crippen molar-refractivity contribution in [2.75, 3.05) is 25.6 Å². The summed E-state index contributed by atoms with van der Waals surface area (Å²) in [7, 11) is 1.77. The summed E-state index contributed by atoms with van der Waals surface area (Å²) in [5.74, 6) is 1.86. The Morgan fingerprint density at radius 3 is 2.48 bits per heavy atom.